The third kappa shape index (κ3) is 4.32. The van der Waals surface area contributed by atoms with Gasteiger partial charge in [0.05, 0.1) is 0 Å². The van der Waals surface area contributed by atoms with Gasteiger partial charge in [-0.15, -0.1) is 11.3 Å². The molecule has 0 saturated heterocycles. The number of allylic oxidation sites excluding steroid dienone is 8. The number of hydrogen-bond donors (Lipinski definition) is 0. The van der Waals surface area contributed by atoms with Gasteiger partial charge in [-0.1, -0.05) is 121 Å². The van der Waals surface area contributed by atoms with Crippen LogP contribution >= 0.6 is 11.3 Å². The molecule has 2 atom stereocenters. The Bertz CT molecular complexity index is 2690. The Balaban J connectivity index is 1.30. The summed E-state index contributed by atoms with van der Waals surface area (Å²) in [6, 6.07) is 37.7. The molecule has 2 aliphatic carbocycles. The number of benzene rings is 5. The minimum atomic E-state index is 0.290. The molecule has 0 saturated carbocycles. The van der Waals surface area contributed by atoms with Crippen molar-refractivity contribution in [3.05, 3.63) is 157 Å². The lowest BCUT2D eigenvalue weighted by molar-refractivity contribution is 0.663. The Morgan fingerprint density at radius 3 is 2.19 bits per heavy atom. The van der Waals surface area contributed by atoms with Crippen LogP contribution in [0.15, 0.2) is 156 Å². The van der Waals surface area contributed by atoms with Crippen molar-refractivity contribution in [2.24, 2.45) is 11.8 Å². The van der Waals surface area contributed by atoms with E-state index in [1.165, 1.54) is 20.2 Å². The molecule has 2 aliphatic rings. The van der Waals surface area contributed by atoms with Gasteiger partial charge in [0, 0.05) is 59.5 Å². The van der Waals surface area contributed by atoms with E-state index in [1.54, 1.807) is 11.3 Å². The van der Waals surface area contributed by atoms with Crippen molar-refractivity contribution in [1.82, 2.24) is 15.0 Å². The summed E-state index contributed by atoms with van der Waals surface area (Å²) in [4.78, 5) is 15.8. The molecule has 0 amide bonds. The van der Waals surface area contributed by atoms with Crippen LogP contribution in [0.2, 0.25) is 0 Å². The maximum Gasteiger partial charge on any atom is 0.165 e. The number of aromatic nitrogens is 3. The molecule has 0 spiro atoms. The average Bonchev–Trinajstić information content (AvgIpc) is 3.73. The first-order valence-electron chi connectivity index (χ1n) is 16.2. The van der Waals surface area contributed by atoms with Crippen LogP contribution in [-0.4, -0.2) is 15.0 Å². The molecular weight excluding hydrogens is 607 g/mol. The third-order valence-corrected chi connectivity index (χ3v) is 10.6. The Hall–Kier alpha value is -5.91. The summed E-state index contributed by atoms with van der Waals surface area (Å²) in [6.07, 6.45) is 15.7. The van der Waals surface area contributed by atoms with Crippen LogP contribution in [-0.2, 0) is 0 Å². The Morgan fingerprint density at radius 1 is 0.521 bits per heavy atom. The van der Waals surface area contributed by atoms with Gasteiger partial charge in [0.1, 0.15) is 11.2 Å². The number of fused-ring (bicyclic) bond motifs is 7. The monoisotopic (exact) mass is 633 g/mol. The molecule has 4 nitrogen and oxygen atoms in total. The molecule has 0 aliphatic heterocycles. The zero-order valence-corrected chi connectivity index (χ0v) is 26.6. The number of hydrogen-bond acceptors (Lipinski definition) is 5. The van der Waals surface area contributed by atoms with Crippen LogP contribution in [0.25, 0.3) is 81.8 Å². The predicted molar refractivity (Wildman–Crippen MR) is 199 cm³/mol. The maximum absolute atomic E-state index is 6.44. The van der Waals surface area contributed by atoms with Gasteiger partial charge in [0.2, 0.25) is 0 Å². The summed E-state index contributed by atoms with van der Waals surface area (Å²) in [6.45, 7) is 0. The molecule has 5 aromatic carbocycles. The molecule has 48 heavy (non-hydrogen) atoms. The largest absolute Gasteiger partial charge is 0.456 e. The highest BCUT2D eigenvalue weighted by Crippen LogP contribution is 2.44. The van der Waals surface area contributed by atoms with Gasteiger partial charge in [-0.3, -0.25) is 0 Å². The highest BCUT2D eigenvalue weighted by atomic mass is 32.1. The summed E-state index contributed by atoms with van der Waals surface area (Å²) in [5, 5.41) is 4.43. The molecule has 8 aromatic rings. The molecule has 5 heteroatoms. The third-order valence-electron chi connectivity index (χ3n) is 9.48. The topological polar surface area (TPSA) is 51.8 Å². The molecule has 10 rings (SSSR count). The molecule has 0 radical (unpaired) electrons. The van der Waals surface area contributed by atoms with E-state index in [9.17, 15) is 0 Å². The zero-order valence-electron chi connectivity index (χ0n) is 25.7. The molecule has 0 bridgehead atoms. The lowest BCUT2D eigenvalue weighted by atomic mass is 9.80. The van der Waals surface area contributed by atoms with E-state index < -0.39 is 0 Å². The van der Waals surface area contributed by atoms with Crippen LogP contribution in [0.5, 0.6) is 0 Å². The highest BCUT2D eigenvalue weighted by molar-refractivity contribution is 7.25. The Kier molecular flexibility index (Phi) is 6.14. The first-order chi connectivity index (χ1) is 23.8. The van der Waals surface area contributed by atoms with Crippen LogP contribution in [0.1, 0.15) is 5.56 Å². The fourth-order valence-electron chi connectivity index (χ4n) is 7.23. The van der Waals surface area contributed by atoms with Crippen molar-refractivity contribution in [3.63, 3.8) is 0 Å². The van der Waals surface area contributed by atoms with Crippen LogP contribution < -0.4 is 0 Å². The average molecular weight is 634 g/mol. The first kappa shape index (κ1) is 27.2. The Morgan fingerprint density at radius 2 is 1.27 bits per heavy atom. The van der Waals surface area contributed by atoms with Gasteiger partial charge >= 0.3 is 0 Å². The quantitative estimate of drug-likeness (QED) is 0.193. The lowest BCUT2D eigenvalue weighted by Gasteiger charge is -2.24. The predicted octanol–water partition coefficient (Wildman–Crippen LogP) is 11.5. The molecule has 2 unspecified atom stereocenters. The summed E-state index contributed by atoms with van der Waals surface area (Å²) >= 11 is 1.80. The number of rotatable bonds is 4. The fraction of sp³-hybridized carbons (Fsp3) is 0.0465. The number of nitrogens with zero attached hydrogens (tertiary/aromatic N) is 3. The van der Waals surface area contributed by atoms with Gasteiger partial charge in [0.25, 0.3) is 0 Å². The van der Waals surface area contributed by atoms with E-state index in [4.69, 9.17) is 19.4 Å². The zero-order chi connectivity index (χ0) is 31.6. The molecule has 3 aromatic heterocycles. The van der Waals surface area contributed by atoms with E-state index in [0.717, 1.165) is 49.8 Å². The first-order valence-corrected chi connectivity index (χ1v) is 17.0. The molecule has 0 fully saturated rings. The number of furan rings is 1. The van der Waals surface area contributed by atoms with Crippen molar-refractivity contribution in [1.29, 1.82) is 0 Å². The van der Waals surface area contributed by atoms with Gasteiger partial charge in [-0.05, 0) is 41.5 Å². The number of para-hydroxylation sites is 1. The molecule has 0 N–H and O–H groups in total. The molecule has 226 valence electrons. The standard InChI is InChI=1S/C43H27N3OS/c1-2-12-27(13-3-1)41-44-42(33-17-10-20-37-38(33)32-16-7-9-19-36(32)48-37)46-43(45-41)40-30(29-22-21-26-11-4-5-14-28(26)25-29)23-24-35-39(40)31-15-6-8-18-34(31)47-35/h1-26,28H. The second-order valence-electron chi connectivity index (χ2n) is 12.3. The molecule has 3 heterocycles. The SMILES string of the molecule is C1=CC2C=CC(c3ccc4oc5ccccc5c4c3-c3nc(-c4ccccc4)nc(-c4cccc5sc6ccccc6c45)n3)=CC2C=C1. The summed E-state index contributed by atoms with van der Waals surface area (Å²) in [7, 11) is 0. The molecular formula is C43H27N3OS. The van der Waals surface area contributed by atoms with E-state index in [0.29, 0.717) is 23.4 Å². The lowest BCUT2D eigenvalue weighted by Crippen LogP contribution is -2.11. The van der Waals surface area contributed by atoms with Crippen LogP contribution in [0, 0.1) is 11.8 Å². The minimum Gasteiger partial charge on any atom is -0.456 e. The van der Waals surface area contributed by atoms with Crippen molar-refractivity contribution >= 4 is 59.0 Å². The van der Waals surface area contributed by atoms with Crippen molar-refractivity contribution < 1.29 is 4.42 Å². The van der Waals surface area contributed by atoms with Crippen LogP contribution in [0.4, 0.5) is 0 Å². The van der Waals surface area contributed by atoms with E-state index >= 15 is 0 Å². The van der Waals surface area contributed by atoms with Gasteiger partial charge in [0.15, 0.2) is 17.5 Å². The van der Waals surface area contributed by atoms with Crippen LogP contribution in [0.3, 0.4) is 0 Å². The van der Waals surface area contributed by atoms with E-state index in [-0.39, 0.29) is 5.92 Å². The summed E-state index contributed by atoms with van der Waals surface area (Å²) in [5.41, 5.74) is 6.75. The van der Waals surface area contributed by atoms with Gasteiger partial charge in [-0.25, -0.2) is 15.0 Å². The minimum absolute atomic E-state index is 0.290. The normalized spacial score (nSPS) is 17.0. The van der Waals surface area contributed by atoms with E-state index in [2.05, 4.69) is 121 Å². The van der Waals surface area contributed by atoms with Crippen molar-refractivity contribution in [2.75, 3.05) is 0 Å². The number of thiophene rings is 1. The van der Waals surface area contributed by atoms with Crippen molar-refractivity contribution in [3.8, 4) is 34.2 Å². The highest BCUT2D eigenvalue weighted by Gasteiger charge is 2.25. The van der Waals surface area contributed by atoms with Crippen molar-refractivity contribution in [2.45, 2.75) is 0 Å². The Labute approximate surface area is 280 Å². The maximum atomic E-state index is 6.44. The second kappa shape index (κ2) is 10.8. The smallest absolute Gasteiger partial charge is 0.165 e. The summed E-state index contributed by atoms with van der Waals surface area (Å²) in [5.74, 6) is 2.56. The van der Waals surface area contributed by atoms with Gasteiger partial charge in [-0.2, -0.15) is 0 Å². The fourth-order valence-corrected chi connectivity index (χ4v) is 8.36. The second-order valence-corrected chi connectivity index (χ2v) is 13.4. The van der Waals surface area contributed by atoms with E-state index in [1.807, 2.05) is 30.3 Å². The van der Waals surface area contributed by atoms with Gasteiger partial charge < -0.3 is 4.42 Å². The summed E-state index contributed by atoms with van der Waals surface area (Å²) < 4.78 is 8.90.